The monoisotopic (exact) mass is 392 g/mol. The number of aromatic amines is 1. The molecular formula is C16H17ClN6O2S. The van der Waals surface area contributed by atoms with Crippen LogP contribution in [-0.2, 0) is 4.74 Å². The Bertz CT molecular complexity index is 910. The maximum Gasteiger partial charge on any atom is 0.407 e. The van der Waals surface area contributed by atoms with Crippen LogP contribution in [0.25, 0.3) is 17.1 Å². The van der Waals surface area contributed by atoms with Gasteiger partial charge in [-0.2, -0.15) is 5.10 Å². The van der Waals surface area contributed by atoms with Gasteiger partial charge in [0.2, 0.25) is 0 Å². The summed E-state index contributed by atoms with van der Waals surface area (Å²) >= 11 is 7.64. The number of nitrogens with zero attached hydrogens (tertiary/aromatic N) is 3. The van der Waals surface area contributed by atoms with Crippen LogP contribution in [0, 0.1) is 0 Å². The number of ether oxygens (including phenoxy) is 1. The third kappa shape index (κ3) is 3.78. The lowest BCUT2D eigenvalue weighted by atomic mass is 10.1. The maximum atomic E-state index is 11.4. The van der Waals surface area contributed by atoms with Crippen LogP contribution in [0.2, 0.25) is 5.02 Å². The highest BCUT2D eigenvalue weighted by Crippen LogP contribution is 2.34. The van der Waals surface area contributed by atoms with Gasteiger partial charge in [0, 0.05) is 10.6 Å². The van der Waals surface area contributed by atoms with Crippen molar-refractivity contribution in [1.29, 1.82) is 0 Å². The van der Waals surface area contributed by atoms with Crippen molar-refractivity contribution >= 4 is 35.3 Å². The lowest BCUT2D eigenvalue weighted by Crippen LogP contribution is -2.23. The standard InChI is InChI=1S/C16H17ClN6O2S/c1-2-25-16(24)20-9-26-13-14(18)21-22-15(13)23-8-19-7-12(23)10-5-3-4-6-11(10)17/h3-8H,2,9H2,1H3,(H,20,24)(H3,18,21,22). The van der Waals surface area contributed by atoms with Crippen LogP contribution in [0.1, 0.15) is 6.92 Å². The van der Waals surface area contributed by atoms with E-state index in [0.29, 0.717) is 28.2 Å². The Balaban J connectivity index is 1.87. The van der Waals surface area contributed by atoms with Crippen molar-refractivity contribution in [3.8, 4) is 17.1 Å². The Labute approximate surface area is 159 Å². The van der Waals surface area contributed by atoms with E-state index in [1.165, 1.54) is 11.8 Å². The zero-order valence-electron chi connectivity index (χ0n) is 13.9. The summed E-state index contributed by atoms with van der Waals surface area (Å²) in [7, 11) is 0. The molecule has 1 amide bonds. The van der Waals surface area contributed by atoms with E-state index in [2.05, 4.69) is 20.5 Å². The zero-order chi connectivity index (χ0) is 18.5. The molecule has 0 bridgehead atoms. The van der Waals surface area contributed by atoms with Crippen LogP contribution in [0.15, 0.2) is 41.7 Å². The minimum absolute atomic E-state index is 0.283. The number of nitrogens with two attached hydrogens (primary N) is 1. The minimum atomic E-state index is -0.483. The van der Waals surface area contributed by atoms with Crippen LogP contribution >= 0.6 is 23.4 Å². The van der Waals surface area contributed by atoms with E-state index in [1.807, 2.05) is 24.3 Å². The first-order valence-corrected chi connectivity index (χ1v) is 9.13. The molecule has 0 fully saturated rings. The van der Waals surface area contributed by atoms with Crippen LogP contribution in [0.4, 0.5) is 10.6 Å². The number of alkyl carbamates (subject to hydrolysis) is 1. The fourth-order valence-electron chi connectivity index (χ4n) is 2.32. The number of carbonyl (C=O) groups excluding carboxylic acids is 1. The Morgan fingerprint density at radius 3 is 3.04 bits per heavy atom. The number of amides is 1. The largest absolute Gasteiger partial charge is 0.450 e. The number of carbonyl (C=O) groups is 1. The average Bonchev–Trinajstić information content (AvgIpc) is 3.23. The number of H-pyrrole nitrogens is 1. The molecule has 2 aromatic heterocycles. The van der Waals surface area contributed by atoms with Crippen molar-refractivity contribution in [2.75, 3.05) is 18.2 Å². The normalized spacial score (nSPS) is 10.7. The molecule has 0 aliphatic rings. The number of thioether (sulfide) groups is 1. The topological polar surface area (TPSA) is 111 Å². The molecule has 0 radical (unpaired) electrons. The van der Waals surface area contributed by atoms with E-state index in [9.17, 15) is 4.79 Å². The van der Waals surface area contributed by atoms with Crippen LogP contribution in [0.3, 0.4) is 0 Å². The van der Waals surface area contributed by atoms with Gasteiger partial charge in [0.15, 0.2) is 5.82 Å². The SMILES string of the molecule is CCOC(=O)NCSc1c(-n2cncc2-c2ccccc2Cl)n[nH]c1N. The number of halogens is 1. The molecular weight excluding hydrogens is 376 g/mol. The number of imidazole rings is 1. The van der Waals surface area contributed by atoms with Gasteiger partial charge >= 0.3 is 6.09 Å². The lowest BCUT2D eigenvalue weighted by molar-refractivity contribution is 0.154. The summed E-state index contributed by atoms with van der Waals surface area (Å²) in [6.07, 6.45) is 2.86. The number of anilines is 1. The van der Waals surface area contributed by atoms with Crippen molar-refractivity contribution in [2.24, 2.45) is 0 Å². The van der Waals surface area contributed by atoms with E-state index in [4.69, 9.17) is 22.1 Å². The van der Waals surface area contributed by atoms with Gasteiger partial charge in [-0.1, -0.05) is 41.6 Å². The first kappa shape index (κ1) is 18.2. The van der Waals surface area contributed by atoms with Gasteiger partial charge in [-0.25, -0.2) is 9.78 Å². The van der Waals surface area contributed by atoms with Crippen LogP contribution < -0.4 is 11.1 Å². The van der Waals surface area contributed by atoms with Gasteiger partial charge in [-0.3, -0.25) is 9.67 Å². The predicted octanol–water partition coefficient (Wildman–Crippen LogP) is 3.29. The Morgan fingerprint density at radius 1 is 1.46 bits per heavy atom. The average molecular weight is 393 g/mol. The summed E-state index contributed by atoms with van der Waals surface area (Å²) in [5.41, 5.74) is 7.61. The quantitative estimate of drug-likeness (QED) is 0.438. The molecule has 26 heavy (non-hydrogen) atoms. The van der Waals surface area contributed by atoms with E-state index in [0.717, 1.165) is 11.3 Å². The molecule has 0 atom stereocenters. The molecule has 0 aliphatic heterocycles. The molecule has 3 aromatic rings. The molecule has 0 saturated carbocycles. The Hall–Kier alpha value is -2.65. The fraction of sp³-hybridized carbons (Fsp3) is 0.188. The molecule has 0 unspecified atom stereocenters. The molecule has 0 spiro atoms. The van der Waals surface area contributed by atoms with E-state index in [-0.39, 0.29) is 5.88 Å². The van der Waals surface area contributed by atoms with Gasteiger partial charge < -0.3 is 15.8 Å². The van der Waals surface area contributed by atoms with Gasteiger partial charge in [-0.05, 0) is 13.0 Å². The number of hydrogen-bond acceptors (Lipinski definition) is 6. The van der Waals surface area contributed by atoms with Gasteiger partial charge in [0.25, 0.3) is 0 Å². The van der Waals surface area contributed by atoms with Crippen LogP contribution in [0.5, 0.6) is 0 Å². The molecule has 0 aliphatic carbocycles. The third-order valence-corrected chi connectivity index (χ3v) is 4.76. The molecule has 2 heterocycles. The molecule has 0 saturated heterocycles. The first-order valence-electron chi connectivity index (χ1n) is 7.76. The smallest absolute Gasteiger partial charge is 0.407 e. The minimum Gasteiger partial charge on any atom is -0.450 e. The summed E-state index contributed by atoms with van der Waals surface area (Å²) < 4.78 is 6.63. The molecule has 136 valence electrons. The fourth-order valence-corrected chi connectivity index (χ4v) is 3.36. The predicted molar refractivity (Wildman–Crippen MR) is 101 cm³/mol. The van der Waals surface area contributed by atoms with Crippen molar-refractivity contribution < 1.29 is 9.53 Å². The Morgan fingerprint density at radius 2 is 2.27 bits per heavy atom. The van der Waals surface area contributed by atoms with Crippen molar-refractivity contribution in [3.05, 3.63) is 41.8 Å². The zero-order valence-corrected chi connectivity index (χ0v) is 15.5. The summed E-state index contributed by atoms with van der Waals surface area (Å²) in [4.78, 5) is 16.3. The highest BCUT2D eigenvalue weighted by molar-refractivity contribution is 7.99. The van der Waals surface area contributed by atoms with E-state index < -0.39 is 6.09 Å². The van der Waals surface area contributed by atoms with Crippen molar-refractivity contribution in [2.45, 2.75) is 11.8 Å². The van der Waals surface area contributed by atoms with E-state index in [1.54, 1.807) is 24.0 Å². The summed E-state index contributed by atoms with van der Waals surface area (Å²) in [5.74, 6) is 1.26. The number of rotatable bonds is 6. The number of benzene rings is 1. The number of nitrogens with one attached hydrogen (secondary N) is 2. The van der Waals surface area contributed by atoms with Gasteiger partial charge in [0.1, 0.15) is 12.1 Å². The van der Waals surface area contributed by atoms with Gasteiger partial charge in [-0.15, -0.1) is 0 Å². The molecule has 4 N–H and O–H groups in total. The maximum absolute atomic E-state index is 11.4. The number of aromatic nitrogens is 4. The second-order valence-electron chi connectivity index (χ2n) is 5.10. The first-order chi connectivity index (χ1) is 12.6. The van der Waals surface area contributed by atoms with Crippen molar-refractivity contribution in [1.82, 2.24) is 25.1 Å². The Kier molecular flexibility index (Phi) is 5.69. The van der Waals surface area contributed by atoms with Crippen LogP contribution in [-0.4, -0.2) is 38.3 Å². The lowest BCUT2D eigenvalue weighted by Gasteiger charge is -2.10. The second-order valence-corrected chi connectivity index (χ2v) is 6.50. The molecule has 8 nitrogen and oxygen atoms in total. The van der Waals surface area contributed by atoms with Crippen molar-refractivity contribution in [3.63, 3.8) is 0 Å². The summed E-state index contributed by atoms with van der Waals surface area (Å²) in [6, 6.07) is 7.48. The summed E-state index contributed by atoms with van der Waals surface area (Å²) in [6.45, 7) is 2.06. The molecule has 1 aromatic carbocycles. The second kappa shape index (κ2) is 8.15. The number of nitrogen functional groups attached to an aromatic ring is 1. The van der Waals surface area contributed by atoms with E-state index >= 15 is 0 Å². The third-order valence-electron chi connectivity index (χ3n) is 3.45. The molecule has 3 rings (SSSR count). The summed E-state index contributed by atoms with van der Waals surface area (Å²) in [5, 5.41) is 10.3. The number of hydrogen-bond donors (Lipinski definition) is 3. The highest BCUT2D eigenvalue weighted by atomic mass is 35.5. The molecule has 10 heteroatoms. The highest BCUT2D eigenvalue weighted by Gasteiger charge is 2.18. The van der Waals surface area contributed by atoms with Gasteiger partial charge in [0.05, 0.1) is 29.3 Å².